The van der Waals surface area contributed by atoms with Gasteiger partial charge in [0.25, 0.3) is 0 Å². The molecule has 3 aromatic carbocycles. The third-order valence-electron chi connectivity index (χ3n) is 5.19. The van der Waals surface area contributed by atoms with E-state index in [9.17, 15) is 4.79 Å². The highest BCUT2D eigenvalue weighted by atomic mass is 16.1. The van der Waals surface area contributed by atoms with Gasteiger partial charge in [-0.2, -0.15) is 4.98 Å². The van der Waals surface area contributed by atoms with Crippen LogP contribution in [0.15, 0.2) is 97.5 Å². The molecule has 0 aliphatic carbocycles. The van der Waals surface area contributed by atoms with Crippen LogP contribution >= 0.6 is 0 Å². The Morgan fingerprint density at radius 3 is 2.29 bits per heavy atom. The standard InChI is InChI=1S/C25H21N5.C2H5NO/c1-18(19-8-4-2-5-9-19)28-25-26-15-14-24(29-25)30-17-27-22-16-21(12-13-23(22)30)20-10-6-3-7-11-20;1-2(3)4/h2-18H,1H3,(H,26,28,29);1H3,(H2,3,4). The van der Waals surface area contributed by atoms with Gasteiger partial charge in [-0.3, -0.25) is 9.36 Å². The fourth-order valence-electron chi connectivity index (χ4n) is 3.58. The highest BCUT2D eigenvalue weighted by molar-refractivity contribution is 5.83. The number of imidazole rings is 1. The number of primary amides is 1. The molecule has 0 aliphatic rings. The summed E-state index contributed by atoms with van der Waals surface area (Å²) in [6, 6.07) is 28.9. The van der Waals surface area contributed by atoms with Crippen molar-refractivity contribution in [2.75, 3.05) is 5.32 Å². The lowest BCUT2D eigenvalue weighted by Gasteiger charge is -2.14. The molecule has 1 unspecified atom stereocenters. The summed E-state index contributed by atoms with van der Waals surface area (Å²) in [5.74, 6) is 1.04. The van der Waals surface area contributed by atoms with E-state index in [1.54, 1.807) is 6.20 Å². The van der Waals surface area contributed by atoms with E-state index < -0.39 is 0 Å². The Kier molecular flexibility index (Phi) is 6.93. The van der Waals surface area contributed by atoms with Crippen LogP contribution in [0.4, 0.5) is 5.95 Å². The SMILES string of the molecule is CC(N)=O.CC(Nc1nccc(-n2cnc3cc(-c4ccccc4)ccc32)n1)c1ccccc1. The monoisotopic (exact) mass is 450 g/mol. The third-order valence-corrected chi connectivity index (χ3v) is 5.19. The van der Waals surface area contributed by atoms with E-state index in [0.29, 0.717) is 5.95 Å². The number of aromatic nitrogens is 4. The fraction of sp³-hybridized carbons (Fsp3) is 0.111. The van der Waals surface area contributed by atoms with Crippen molar-refractivity contribution in [2.45, 2.75) is 19.9 Å². The molecule has 0 radical (unpaired) electrons. The van der Waals surface area contributed by atoms with E-state index in [-0.39, 0.29) is 11.9 Å². The second kappa shape index (κ2) is 10.4. The lowest BCUT2D eigenvalue weighted by Crippen LogP contribution is -2.10. The molecule has 0 bridgehead atoms. The molecule has 0 saturated carbocycles. The van der Waals surface area contributed by atoms with E-state index in [2.05, 4.69) is 70.4 Å². The average molecular weight is 451 g/mol. The number of amides is 1. The zero-order valence-corrected chi connectivity index (χ0v) is 19.1. The number of carbonyl (C=O) groups is 1. The summed E-state index contributed by atoms with van der Waals surface area (Å²) >= 11 is 0. The molecule has 0 aliphatic heterocycles. The van der Waals surface area contributed by atoms with Crippen molar-refractivity contribution in [1.29, 1.82) is 0 Å². The predicted octanol–water partition coefficient (Wildman–Crippen LogP) is 5.15. The average Bonchev–Trinajstić information content (AvgIpc) is 3.28. The van der Waals surface area contributed by atoms with Crippen LogP contribution in [0, 0.1) is 0 Å². The van der Waals surface area contributed by atoms with Crippen LogP contribution in [0.25, 0.3) is 28.0 Å². The van der Waals surface area contributed by atoms with Gasteiger partial charge in [-0.1, -0.05) is 66.7 Å². The molecule has 7 heteroatoms. The number of rotatable bonds is 5. The van der Waals surface area contributed by atoms with E-state index in [1.165, 1.54) is 18.1 Å². The first-order valence-corrected chi connectivity index (χ1v) is 10.9. The molecule has 1 atom stereocenters. The van der Waals surface area contributed by atoms with Gasteiger partial charge < -0.3 is 11.1 Å². The van der Waals surface area contributed by atoms with Gasteiger partial charge in [0.05, 0.1) is 17.1 Å². The van der Waals surface area contributed by atoms with Crippen LogP contribution in [0.3, 0.4) is 0 Å². The van der Waals surface area contributed by atoms with Crippen molar-refractivity contribution < 1.29 is 4.79 Å². The normalized spacial score (nSPS) is 11.4. The molecule has 7 nitrogen and oxygen atoms in total. The van der Waals surface area contributed by atoms with Crippen LogP contribution < -0.4 is 11.1 Å². The molecular weight excluding hydrogens is 424 g/mol. The number of nitrogens with two attached hydrogens (primary N) is 1. The number of fused-ring (bicyclic) bond motifs is 1. The molecule has 170 valence electrons. The Morgan fingerprint density at radius 2 is 1.59 bits per heavy atom. The predicted molar refractivity (Wildman–Crippen MR) is 135 cm³/mol. The van der Waals surface area contributed by atoms with Crippen LogP contribution in [0.2, 0.25) is 0 Å². The minimum absolute atomic E-state index is 0.106. The van der Waals surface area contributed by atoms with Gasteiger partial charge in [-0.15, -0.1) is 0 Å². The van der Waals surface area contributed by atoms with Crippen molar-refractivity contribution in [3.63, 3.8) is 0 Å². The second-order valence-corrected chi connectivity index (χ2v) is 7.81. The minimum Gasteiger partial charge on any atom is -0.370 e. The largest absolute Gasteiger partial charge is 0.370 e. The number of hydrogen-bond acceptors (Lipinski definition) is 5. The van der Waals surface area contributed by atoms with E-state index in [0.717, 1.165) is 22.4 Å². The molecule has 2 aromatic heterocycles. The van der Waals surface area contributed by atoms with Gasteiger partial charge in [0.15, 0.2) is 0 Å². The molecule has 3 N–H and O–H groups in total. The summed E-state index contributed by atoms with van der Waals surface area (Å²) in [7, 11) is 0. The smallest absolute Gasteiger partial charge is 0.225 e. The van der Waals surface area contributed by atoms with E-state index in [1.807, 2.05) is 53.4 Å². The van der Waals surface area contributed by atoms with Crippen LogP contribution in [-0.4, -0.2) is 25.4 Å². The van der Waals surface area contributed by atoms with Gasteiger partial charge in [0.1, 0.15) is 12.1 Å². The maximum absolute atomic E-state index is 9.22. The number of anilines is 1. The Bertz CT molecular complexity index is 1380. The lowest BCUT2D eigenvalue weighted by molar-refractivity contribution is -0.115. The third kappa shape index (κ3) is 5.45. The van der Waals surface area contributed by atoms with Crippen LogP contribution in [0.5, 0.6) is 0 Å². The van der Waals surface area contributed by atoms with Crippen LogP contribution in [-0.2, 0) is 4.79 Å². The molecule has 0 saturated heterocycles. The summed E-state index contributed by atoms with van der Waals surface area (Å²) < 4.78 is 1.99. The first-order valence-electron chi connectivity index (χ1n) is 10.9. The maximum atomic E-state index is 9.22. The molecule has 5 rings (SSSR count). The fourth-order valence-corrected chi connectivity index (χ4v) is 3.58. The van der Waals surface area contributed by atoms with Gasteiger partial charge in [-0.05, 0) is 41.8 Å². The first-order chi connectivity index (χ1) is 16.5. The first kappa shape index (κ1) is 22.7. The quantitative estimate of drug-likeness (QED) is 0.386. The van der Waals surface area contributed by atoms with Gasteiger partial charge >= 0.3 is 0 Å². The summed E-state index contributed by atoms with van der Waals surface area (Å²) in [6.45, 7) is 3.41. The highest BCUT2D eigenvalue weighted by Crippen LogP contribution is 2.25. The molecular formula is C27H26N6O. The van der Waals surface area contributed by atoms with Crippen molar-refractivity contribution >= 4 is 22.9 Å². The highest BCUT2D eigenvalue weighted by Gasteiger charge is 2.10. The molecule has 2 heterocycles. The minimum atomic E-state index is -0.333. The number of nitrogens with one attached hydrogen (secondary N) is 1. The number of hydrogen-bond donors (Lipinski definition) is 2. The Morgan fingerprint density at radius 1 is 0.912 bits per heavy atom. The Balaban J connectivity index is 0.000000636. The lowest BCUT2D eigenvalue weighted by atomic mass is 10.1. The molecule has 0 spiro atoms. The number of nitrogens with zero attached hydrogens (tertiary/aromatic N) is 4. The Hall–Kier alpha value is -4.52. The van der Waals surface area contributed by atoms with Crippen molar-refractivity contribution in [2.24, 2.45) is 5.73 Å². The molecule has 5 aromatic rings. The zero-order valence-electron chi connectivity index (χ0n) is 19.1. The van der Waals surface area contributed by atoms with Gasteiger partial charge in [0.2, 0.25) is 11.9 Å². The zero-order chi connectivity index (χ0) is 23.9. The summed E-state index contributed by atoms with van der Waals surface area (Å²) in [6.07, 6.45) is 3.58. The van der Waals surface area contributed by atoms with Gasteiger partial charge in [-0.25, -0.2) is 9.97 Å². The maximum Gasteiger partial charge on any atom is 0.225 e. The second-order valence-electron chi connectivity index (χ2n) is 7.81. The van der Waals surface area contributed by atoms with E-state index in [4.69, 9.17) is 4.98 Å². The van der Waals surface area contributed by atoms with E-state index >= 15 is 0 Å². The number of carbonyl (C=O) groups excluding carboxylic acids is 1. The Labute approximate surface area is 198 Å². The molecule has 34 heavy (non-hydrogen) atoms. The molecule has 1 amide bonds. The van der Waals surface area contributed by atoms with Crippen LogP contribution in [0.1, 0.15) is 25.5 Å². The summed E-state index contributed by atoms with van der Waals surface area (Å²) in [4.78, 5) is 22.9. The molecule has 0 fully saturated rings. The van der Waals surface area contributed by atoms with Crippen molar-refractivity contribution in [1.82, 2.24) is 19.5 Å². The van der Waals surface area contributed by atoms with Gasteiger partial charge in [0, 0.05) is 13.1 Å². The summed E-state index contributed by atoms with van der Waals surface area (Å²) in [5, 5.41) is 3.38. The van der Waals surface area contributed by atoms with Crippen molar-refractivity contribution in [3.8, 4) is 16.9 Å². The number of benzene rings is 3. The topological polar surface area (TPSA) is 98.7 Å². The van der Waals surface area contributed by atoms with Crippen molar-refractivity contribution in [3.05, 3.63) is 103 Å². The summed E-state index contributed by atoms with van der Waals surface area (Å²) in [5.41, 5.74) is 9.93.